The second kappa shape index (κ2) is 7.21. The second-order valence-corrected chi connectivity index (χ2v) is 7.94. The van der Waals surface area contributed by atoms with E-state index in [1.165, 1.54) is 18.4 Å². The molecule has 21 heavy (non-hydrogen) atoms. The summed E-state index contributed by atoms with van der Waals surface area (Å²) < 4.78 is 14.0. The average molecular weight is 357 g/mol. The zero-order valence-corrected chi connectivity index (χ0v) is 14.8. The van der Waals surface area contributed by atoms with Crippen LogP contribution in [-0.4, -0.2) is 30.1 Å². The van der Waals surface area contributed by atoms with Crippen LogP contribution in [0.5, 0.6) is 0 Å². The number of hydrogen-bond donors (Lipinski definition) is 1. The minimum atomic E-state index is -0.183. The molecule has 1 saturated heterocycles. The van der Waals surface area contributed by atoms with E-state index in [0.29, 0.717) is 0 Å². The Labute approximate surface area is 136 Å². The Morgan fingerprint density at radius 2 is 1.95 bits per heavy atom. The number of hydrogen-bond acceptors (Lipinski definition) is 2. The van der Waals surface area contributed by atoms with E-state index in [4.69, 9.17) is 0 Å². The summed E-state index contributed by atoms with van der Waals surface area (Å²) in [5.74, 6) is 0.592. The third-order valence-electron chi connectivity index (χ3n) is 4.04. The highest BCUT2D eigenvalue weighted by molar-refractivity contribution is 9.10. The zero-order valence-electron chi connectivity index (χ0n) is 13.3. The molecule has 0 unspecified atom stereocenters. The lowest BCUT2D eigenvalue weighted by atomic mass is 9.95. The number of piperidine rings is 1. The fourth-order valence-electron chi connectivity index (χ4n) is 2.69. The first-order valence-corrected chi connectivity index (χ1v) is 8.54. The van der Waals surface area contributed by atoms with Crippen LogP contribution in [0.15, 0.2) is 22.7 Å². The van der Waals surface area contributed by atoms with Crippen LogP contribution in [0.1, 0.15) is 39.2 Å². The van der Waals surface area contributed by atoms with Crippen molar-refractivity contribution in [3.8, 4) is 0 Å². The minimum absolute atomic E-state index is 0.183. The highest BCUT2D eigenvalue weighted by atomic mass is 79.9. The van der Waals surface area contributed by atoms with E-state index < -0.39 is 0 Å². The standard InChI is InChI=1S/C17H26BrFN2/c1-17(2,3)20-11-13-6-8-21(9-7-13)12-14-4-5-15(19)10-16(14)18/h4-5,10,13,20H,6-9,11-12H2,1-3H3. The molecule has 1 aliphatic rings. The van der Waals surface area contributed by atoms with Gasteiger partial charge in [-0.2, -0.15) is 0 Å². The topological polar surface area (TPSA) is 15.3 Å². The maximum Gasteiger partial charge on any atom is 0.124 e. The van der Waals surface area contributed by atoms with Crippen LogP contribution in [-0.2, 0) is 6.54 Å². The molecular formula is C17H26BrFN2. The molecule has 1 aromatic carbocycles. The summed E-state index contributed by atoms with van der Waals surface area (Å²) in [6.45, 7) is 10.9. The van der Waals surface area contributed by atoms with E-state index in [2.05, 4.69) is 46.9 Å². The van der Waals surface area contributed by atoms with E-state index in [1.807, 2.05) is 6.07 Å². The number of nitrogens with zero attached hydrogens (tertiary/aromatic N) is 1. The SMILES string of the molecule is CC(C)(C)NCC1CCN(Cc2ccc(F)cc2Br)CC1. The summed E-state index contributed by atoms with van der Waals surface area (Å²) in [4.78, 5) is 2.46. The van der Waals surface area contributed by atoms with Crippen molar-refractivity contribution < 1.29 is 4.39 Å². The van der Waals surface area contributed by atoms with E-state index in [0.717, 1.165) is 36.6 Å². The molecule has 2 rings (SSSR count). The van der Waals surface area contributed by atoms with Crippen LogP contribution in [0, 0.1) is 11.7 Å². The molecule has 0 saturated carbocycles. The summed E-state index contributed by atoms with van der Waals surface area (Å²) in [6.07, 6.45) is 2.48. The molecule has 0 radical (unpaired) electrons. The number of likely N-dealkylation sites (tertiary alicyclic amines) is 1. The van der Waals surface area contributed by atoms with Gasteiger partial charge in [-0.15, -0.1) is 0 Å². The Morgan fingerprint density at radius 1 is 1.29 bits per heavy atom. The lowest BCUT2D eigenvalue weighted by Gasteiger charge is -2.34. The second-order valence-electron chi connectivity index (χ2n) is 7.09. The van der Waals surface area contributed by atoms with Crippen molar-refractivity contribution in [2.45, 2.75) is 45.7 Å². The smallest absolute Gasteiger partial charge is 0.124 e. The first-order valence-electron chi connectivity index (χ1n) is 7.75. The van der Waals surface area contributed by atoms with Gasteiger partial charge in [0.15, 0.2) is 0 Å². The van der Waals surface area contributed by atoms with Crippen LogP contribution in [0.4, 0.5) is 4.39 Å². The molecule has 0 aliphatic carbocycles. The molecule has 0 bridgehead atoms. The summed E-state index contributed by atoms with van der Waals surface area (Å²) in [5, 5.41) is 3.60. The van der Waals surface area contributed by atoms with Crippen molar-refractivity contribution in [1.29, 1.82) is 0 Å². The van der Waals surface area contributed by atoms with E-state index in [9.17, 15) is 4.39 Å². The summed E-state index contributed by atoms with van der Waals surface area (Å²) in [6, 6.07) is 4.97. The van der Waals surface area contributed by atoms with Gasteiger partial charge in [0.05, 0.1) is 0 Å². The fourth-order valence-corrected chi connectivity index (χ4v) is 3.17. The minimum Gasteiger partial charge on any atom is -0.312 e. The van der Waals surface area contributed by atoms with Gasteiger partial charge < -0.3 is 5.32 Å². The van der Waals surface area contributed by atoms with E-state index in [-0.39, 0.29) is 11.4 Å². The molecule has 4 heteroatoms. The fraction of sp³-hybridized carbons (Fsp3) is 0.647. The van der Waals surface area contributed by atoms with Gasteiger partial charge >= 0.3 is 0 Å². The third kappa shape index (κ3) is 5.68. The van der Waals surface area contributed by atoms with Gasteiger partial charge in [-0.25, -0.2) is 4.39 Å². The molecule has 1 aliphatic heterocycles. The van der Waals surface area contributed by atoms with Crippen LogP contribution >= 0.6 is 15.9 Å². The van der Waals surface area contributed by atoms with Crippen molar-refractivity contribution in [1.82, 2.24) is 10.2 Å². The first kappa shape index (κ1) is 16.9. The normalized spacial score (nSPS) is 18.1. The largest absolute Gasteiger partial charge is 0.312 e. The molecule has 0 atom stereocenters. The monoisotopic (exact) mass is 356 g/mol. The molecule has 1 fully saturated rings. The maximum absolute atomic E-state index is 13.1. The van der Waals surface area contributed by atoms with Gasteiger partial charge in [-0.05, 0) is 76.9 Å². The van der Waals surface area contributed by atoms with Gasteiger partial charge in [0.2, 0.25) is 0 Å². The maximum atomic E-state index is 13.1. The van der Waals surface area contributed by atoms with E-state index >= 15 is 0 Å². The van der Waals surface area contributed by atoms with Gasteiger partial charge in [-0.1, -0.05) is 22.0 Å². The molecular weight excluding hydrogens is 331 g/mol. The Bertz CT molecular complexity index is 462. The Balaban J connectivity index is 1.79. The molecule has 1 N–H and O–H groups in total. The average Bonchev–Trinajstić information content (AvgIpc) is 2.40. The van der Waals surface area contributed by atoms with Gasteiger partial charge in [0.25, 0.3) is 0 Å². The molecule has 0 amide bonds. The Hall–Kier alpha value is -0.450. The highest BCUT2D eigenvalue weighted by Crippen LogP contribution is 2.23. The summed E-state index contributed by atoms with van der Waals surface area (Å²) in [7, 11) is 0. The lowest BCUT2D eigenvalue weighted by Crippen LogP contribution is -2.42. The highest BCUT2D eigenvalue weighted by Gasteiger charge is 2.21. The summed E-state index contributed by atoms with van der Waals surface area (Å²) in [5.41, 5.74) is 1.37. The quantitative estimate of drug-likeness (QED) is 0.869. The molecule has 118 valence electrons. The summed E-state index contributed by atoms with van der Waals surface area (Å²) >= 11 is 3.46. The van der Waals surface area contributed by atoms with E-state index in [1.54, 1.807) is 12.1 Å². The van der Waals surface area contributed by atoms with Gasteiger partial charge in [-0.3, -0.25) is 4.90 Å². The van der Waals surface area contributed by atoms with Crippen molar-refractivity contribution >= 4 is 15.9 Å². The van der Waals surface area contributed by atoms with Crippen molar-refractivity contribution in [3.63, 3.8) is 0 Å². The van der Waals surface area contributed by atoms with Crippen molar-refractivity contribution in [2.24, 2.45) is 5.92 Å². The van der Waals surface area contributed by atoms with Crippen LogP contribution in [0.3, 0.4) is 0 Å². The van der Waals surface area contributed by atoms with Crippen LogP contribution < -0.4 is 5.32 Å². The Morgan fingerprint density at radius 3 is 2.52 bits per heavy atom. The van der Waals surface area contributed by atoms with Gasteiger partial charge in [0, 0.05) is 16.6 Å². The number of halogens is 2. The number of rotatable bonds is 4. The zero-order chi connectivity index (χ0) is 15.5. The first-order chi connectivity index (χ1) is 9.83. The van der Waals surface area contributed by atoms with Gasteiger partial charge in [0.1, 0.15) is 5.82 Å². The van der Waals surface area contributed by atoms with Crippen molar-refractivity contribution in [2.75, 3.05) is 19.6 Å². The number of benzene rings is 1. The number of nitrogens with one attached hydrogen (secondary N) is 1. The van der Waals surface area contributed by atoms with Crippen molar-refractivity contribution in [3.05, 3.63) is 34.1 Å². The molecule has 1 heterocycles. The lowest BCUT2D eigenvalue weighted by molar-refractivity contribution is 0.170. The molecule has 0 aromatic heterocycles. The van der Waals surface area contributed by atoms with Crippen LogP contribution in [0.2, 0.25) is 0 Å². The predicted octanol–water partition coefficient (Wildman–Crippen LogP) is 4.19. The Kier molecular flexibility index (Phi) is 5.81. The predicted molar refractivity (Wildman–Crippen MR) is 89.9 cm³/mol. The third-order valence-corrected chi connectivity index (χ3v) is 4.78. The molecule has 1 aromatic rings. The van der Waals surface area contributed by atoms with Crippen LogP contribution in [0.25, 0.3) is 0 Å². The molecule has 0 spiro atoms. The molecule has 2 nitrogen and oxygen atoms in total.